The zero-order chi connectivity index (χ0) is 9.26. The van der Waals surface area contributed by atoms with Crippen LogP contribution in [0.5, 0.6) is 0 Å². The first-order valence-electron chi connectivity index (χ1n) is 4.06. The number of hydrogen-bond acceptors (Lipinski definition) is 3. The minimum Gasteiger partial charge on any atom is -0.339 e. The number of aldehydes is 1. The van der Waals surface area contributed by atoms with Gasteiger partial charge < -0.3 is 4.90 Å². The number of rotatable bonds is 2. The summed E-state index contributed by atoms with van der Waals surface area (Å²) in [5, 5.41) is 6.61. The number of aromatic amines is 1. The van der Waals surface area contributed by atoms with Crippen LogP contribution in [-0.4, -0.2) is 34.3 Å². The van der Waals surface area contributed by atoms with Crippen LogP contribution in [0.25, 0.3) is 0 Å². The summed E-state index contributed by atoms with van der Waals surface area (Å²) in [5.74, 6) is 0. The monoisotopic (exact) mass is 179 g/mol. The van der Waals surface area contributed by atoms with E-state index in [0.29, 0.717) is 25.2 Å². The number of aromatic nitrogens is 2. The van der Waals surface area contributed by atoms with E-state index in [0.717, 1.165) is 24.0 Å². The maximum Gasteiger partial charge on any atom is 0.210 e. The van der Waals surface area contributed by atoms with Crippen molar-refractivity contribution in [3.8, 4) is 0 Å². The number of H-pyrrole nitrogens is 1. The predicted molar refractivity (Wildman–Crippen MR) is 44.2 cm³/mol. The predicted octanol–water partition coefficient (Wildman–Crippen LogP) is -0.263. The third kappa shape index (κ3) is 1.22. The van der Waals surface area contributed by atoms with E-state index in [4.69, 9.17) is 0 Å². The highest BCUT2D eigenvalue weighted by Crippen LogP contribution is 2.17. The van der Waals surface area contributed by atoms with Gasteiger partial charge in [-0.1, -0.05) is 0 Å². The summed E-state index contributed by atoms with van der Waals surface area (Å²) in [5.41, 5.74) is 2.30. The van der Waals surface area contributed by atoms with Gasteiger partial charge in [0.05, 0.1) is 12.2 Å². The molecule has 0 atom stereocenters. The molecular weight excluding hydrogens is 170 g/mol. The lowest BCUT2D eigenvalue weighted by Gasteiger charge is -2.21. The molecule has 1 aromatic heterocycles. The van der Waals surface area contributed by atoms with Gasteiger partial charge in [0, 0.05) is 12.1 Å². The Hall–Kier alpha value is -1.65. The Morgan fingerprint density at radius 2 is 2.31 bits per heavy atom. The summed E-state index contributed by atoms with van der Waals surface area (Å²) in [7, 11) is 0. The topological polar surface area (TPSA) is 66.1 Å². The Labute approximate surface area is 74.7 Å². The molecule has 1 amide bonds. The quantitative estimate of drug-likeness (QED) is 0.636. The van der Waals surface area contributed by atoms with Crippen molar-refractivity contribution in [2.24, 2.45) is 0 Å². The van der Waals surface area contributed by atoms with Crippen LogP contribution in [-0.2, 0) is 17.8 Å². The standard InChI is InChI=1S/C8H9N3O2/c12-4-8-6-1-2-11(5-13)3-7(6)9-10-8/h4-5H,1-3H2,(H,9,10). The molecule has 0 bridgehead atoms. The van der Waals surface area contributed by atoms with Gasteiger partial charge in [0.2, 0.25) is 6.41 Å². The molecule has 2 rings (SSSR count). The van der Waals surface area contributed by atoms with Gasteiger partial charge >= 0.3 is 0 Å². The molecule has 0 spiro atoms. The van der Waals surface area contributed by atoms with Crippen LogP contribution >= 0.6 is 0 Å². The van der Waals surface area contributed by atoms with Crippen LogP contribution in [0.3, 0.4) is 0 Å². The fraction of sp³-hybridized carbons (Fsp3) is 0.375. The third-order valence-electron chi connectivity index (χ3n) is 2.26. The largest absolute Gasteiger partial charge is 0.339 e. The average Bonchev–Trinajstić information content (AvgIpc) is 2.59. The molecule has 0 radical (unpaired) electrons. The van der Waals surface area contributed by atoms with Crippen molar-refractivity contribution < 1.29 is 9.59 Å². The summed E-state index contributed by atoms with van der Waals surface area (Å²) in [6.07, 6.45) is 2.26. The first-order valence-corrected chi connectivity index (χ1v) is 4.06. The summed E-state index contributed by atoms with van der Waals surface area (Å²) in [4.78, 5) is 22.6. The zero-order valence-corrected chi connectivity index (χ0v) is 6.99. The molecule has 5 heteroatoms. The minimum absolute atomic E-state index is 0.473. The number of fused-ring (bicyclic) bond motifs is 1. The summed E-state index contributed by atoms with van der Waals surface area (Å²) in [6.45, 7) is 1.19. The van der Waals surface area contributed by atoms with Crippen LogP contribution in [0.15, 0.2) is 0 Å². The number of nitrogens with zero attached hydrogens (tertiary/aromatic N) is 2. The number of carbonyl (C=O) groups is 2. The lowest BCUT2D eigenvalue weighted by Crippen LogP contribution is -2.29. The van der Waals surface area contributed by atoms with Gasteiger partial charge in [-0.25, -0.2) is 0 Å². The molecular formula is C8H9N3O2. The van der Waals surface area contributed by atoms with Gasteiger partial charge in [0.1, 0.15) is 5.69 Å². The fourth-order valence-electron chi connectivity index (χ4n) is 1.55. The third-order valence-corrected chi connectivity index (χ3v) is 2.26. The summed E-state index contributed by atoms with van der Waals surface area (Å²) >= 11 is 0. The summed E-state index contributed by atoms with van der Waals surface area (Å²) < 4.78 is 0. The Morgan fingerprint density at radius 1 is 1.46 bits per heavy atom. The second kappa shape index (κ2) is 3.01. The molecule has 1 aliphatic heterocycles. The molecule has 1 N–H and O–H groups in total. The fourth-order valence-corrected chi connectivity index (χ4v) is 1.55. The molecule has 1 aromatic rings. The van der Waals surface area contributed by atoms with Crippen molar-refractivity contribution in [2.45, 2.75) is 13.0 Å². The van der Waals surface area contributed by atoms with Crippen LogP contribution in [0.4, 0.5) is 0 Å². The highest BCUT2D eigenvalue weighted by atomic mass is 16.1. The van der Waals surface area contributed by atoms with Crippen molar-refractivity contribution in [1.82, 2.24) is 15.1 Å². The van der Waals surface area contributed by atoms with Crippen LogP contribution in [0, 0.1) is 0 Å². The van der Waals surface area contributed by atoms with E-state index in [2.05, 4.69) is 10.2 Å². The molecule has 0 saturated heterocycles. The molecule has 0 fully saturated rings. The molecule has 0 aliphatic carbocycles. The van der Waals surface area contributed by atoms with E-state index in [9.17, 15) is 9.59 Å². The van der Waals surface area contributed by atoms with Gasteiger partial charge in [-0.2, -0.15) is 5.10 Å². The first-order chi connectivity index (χ1) is 6.35. The van der Waals surface area contributed by atoms with Crippen molar-refractivity contribution in [1.29, 1.82) is 0 Å². The number of amides is 1. The number of nitrogens with one attached hydrogen (secondary N) is 1. The van der Waals surface area contributed by atoms with Crippen molar-refractivity contribution in [3.05, 3.63) is 17.0 Å². The van der Waals surface area contributed by atoms with E-state index in [-0.39, 0.29) is 0 Å². The number of hydrogen-bond donors (Lipinski definition) is 1. The Bertz CT molecular complexity index is 345. The normalized spacial score (nSPS) is 15.2. The highest BCUT2D eigenvalue weighted by molar-refractivity contribution is 5.75. The first kappa shape index (κ1) is 7.97. The minimum atomic E-state index is 0.473. The smallest absolute Gasteiger partial charge is 0.210 e. The van der Waals surface area contributed by atoms with Crippen LogP contribution in [0.1, 0.15) is 21.7 Å². The molecule has 0 aromatic carbocycles. The van der Waals surface area contributed by atoms with Gasteiger partial charge in [0.25, 0.3) is 0 Å². The Morgan fingerprint density at radius 3 is 3.00 bits per heavy atom. The second-order valence-corrected chi connectivity index (χ2v) is 3.01. The number of carbonyl (C=O) groups excluding carboxylic acids is 2. The molecule has 0 saturated carbocycles. The van der Waals surface area contributed by atoms with Crippen molar-refractivity contribution in [3.63, 3.8) is 0 Å². The van der Waals surface area contributed by atoms with Gasteiger partial charge in [-0.3, -0.25) is 14.7 Å². The molecule has 5 nitrogen and oxygen atoms in total. The maximum atomic E-state index is 10.5. The SMILES string of the molecule is O=Cc1n[nH]c2c1CCN(C=O)C2. The van der Waals surface area contributed by atoms with E-state index < -0.39 is 0 Å². The highest BCUT2D eigenvalue weighted by Gasteiger charge is 2.19. The van der Waals surface area contributed by atoms with E-state index in [1.54, 1.807) is 4.90 Å². The van der Waals surface area contributed by atoms with E-state index in [1.807, 2.05) is 0 Å². The molecule has 2 heterocycles. The van der Waals surface area contributed by atoms with E-state index in [1.165, 1.54) is 0 Å². The molecule has 1 aliphatic rings. The van der Waals surface area contributed by atoms with Crippen LogP contribution < -0.4 is 0 Å². The van der Waals surface area contributed by atoms with Gasteiger partial charge in [-0.05, 0) is 6.42 Å². The lowest BCUT2D eigenvalue weighted by molar-refractivity contribution is -0.118. The van der Waals surface area contributed by atoms with Crippen molar-refractivity contribution >= 4 is 12.7 Å². The van der Waals surface area contributed by atoms with Crippen molar-refractivity contribution in [2.75, 3.05) is 6.54 Å². The second-order valence-electron chi connectivity index (χ2n) is 3.01. The molecule has 68 valence electrons. The van der Waals surface area contributed by atoms with Gasteiger partial charge in [-0.15, -0.1) is 0 Å². The molecule has 0 unspecified atom stereocenters. The average molecular weight is 179 g/mol. The maximum absolute atomic E-state index is 10.5. The Balaban J connectivity index is 2.32. The lowest BCUT2D eigenvalue weighted by atomic mass is 10.1. The van der Waals surface area contributed by atoms with Crippen LogP contribution in [0.2, 0.25) is 0 Å². The molecule has 13 heavy (non-hydrogen) atoms. The van der Waals surface area contributed by atoms with Gasteiger partial charge in [0.15, 0.2) is 6.29 Å². The zero-order valence-electron chi connectivity index (χ0n) is 6.99. The Kier molecular flexibility index (Phi) is 1.84. The summed E-state index contributed by atoms with van der Waals surface area (Å²) in [6, 6.07) is 0. The van der Waals surface area contributed by atoms with E-state index >= 15 is 0 Å².